The highest BCUT2D eigenvalue weighted by atomic mass is 79.9. The molecule has 8 nitrogen and oxygen atoms in total. The Balaban J connectivity index is 1.70. The van der Waals surface area contributed by atoms with Crippen molar-refractivity contribution >= 4 is 50.3 Å². The number of fused-ring (bicyclic) bond motifs is 1. The molecule has 0 aliphatic heterocycles. The zero-order valence-electron chi connectivity index (χ0n) is 19.5. The number of rotatable bonds is 8. The molecule has 10 heteroatoms. The van der Waals surface area contributed by atoms with Gasteiger partial charge < -0.3 is 4.74 Å². The molecule has 0 bridgehead atoms. The molecule has 0 unspecified atom stereocenters. The summed E-state index contributed by atoms with van der Waals surface area (Å²) in [6.45, 7) is 4.05. The number of ether oxygens (including phenoxy) is 1. The van der Waals surface area contributed by atoms with E-state index in [1.54, 1.807) is 36.4 Å². The molecule has 4 rings (SSSR count). The van der Waals surface area contributed by atoms with Crippen molar-refractivity contribution in [1.29, 1.82) is 0 Å². The summed E-state index contributed by atoms with van der Waals surface area (Å²) in [6, 6.07) is 16.9. The topological polar surface area (TPSA) is 99.6 Å². The van der Waals surface area contributed by atoms with Gasteiger partial charge in [0, 0.05) is 32.6 Å². The fourth-order valence-electron chi connectivity index (χ4n) is 3.55. The largest absolute Gasteiger partial charge is 0.482 e. The van der Waals surface area contributed by atoms with Crippen LogP contribution in [0, 0.1) is 10.1 Å². The SMILES string of the molecule is CC[C@H](C)c1nc2ccc(Br)cc2c(=O)n1N=Cc1ccc(OCc2ccccc2Cl)c([N+](=O)[O-])c1. The lowest BCUT2D eigenvalue weighted by Gasteiger charge is -2.14. The molecule has 184 valence electrons. The summed E-state index contributed by atoms with van der Waals surface area (Å²) in [5, 5.41) is 17.0. The van der Waals surface area contributed by atoms with E-state index in [-0.39, 0.29) is 29.5 Å². The molecule has 0 fully saturated rings. The molecule has 4 aromatic rings. The normalized spacial score (nSPS) is 12.2. The fourth-order valence-corrected chi connectivity index (χ4v) is 4.11. The first-order valence-electron chi connectivity index (χ1n) is 11.2. The number of aromatic nitrogens is 2. The van der Waals surface area contributed by atoms with Crippen LogP contribution in [0.1, 0.15) is 43.1 Å². The lowest BCUT2D eigenvalue weighted by molar-refractivity contribution is -0.385. The second-order valence-electron chi connectivity index (χ2n) is 8.17. The van der Waals surface area contributed by atoms with Crippen molar-refractivity contribution < 1.29 is 9.66 Å². The Labute approximate surface area is 220 Å². The second-order valence-corrected chi connectivity index (χ2v) is 9.49. The predicted octanol–water partition coefficient (Wildman–Crippen LogP) is 6.70. The monoisotopic (exact) mass is 568 g/mol. The van der Waals surface area contributed by atoms with E-state index in [0.29, 0.717) is 32.9 Å². The summed E-state index contributed by atoms with van der Waals surface area (Å²) < 4.78 is 7.70. The van der Waals surface area contributed by atoms with Crippen molar-refractivity contribution in [2.45, 2.75) is 32.8 Å². The summed E-state index contributed by atoms with van der Waals surface area (Å²) in [6.07, 6.45) is 2.16. The maximum atomic E-state index is 13.3. The maximum Gasteiger partial charge on any atom is 0.311 e. The third kappa shape index (κ3) is 5.47. The number of nitro groups is 1. The summed E-state index contributed by atoms with van der Waals surface area (Å²) in [5.74, 6) is 0.590. The van der Waals surface area contributed by atoms with Gasteiger partial charge in [-0.25, -0.2) is 4.98 Å². The molecule has 0 spiro atoms. The van der Waals surface area contributed by atoms with Crippen LogP contribution in [-0.4, -0.2) is 20.8 Å². The van der Waals surface area contributed by atoms with Gasteiger partial charge in [0.25, 0.3) is 5.56 Å². The van der Waals surface area contributed by atoms with Gasteiger partial charge in [-0.05, 0) is 42.8 Å². The van der Waals surface area contributed by atoms with Gasteiger partial charge in [0.05, 0.1) is 22.0 Å². The minimum Gasteiger partial charge on any atom is -0.482 e. The third-order valence-electron chi connectivity index (χ3n) is 5.73. The van der Waals surface area contributed by atoms with Crippen molar-refractivity contribution in [3.05, 3.63) is 108 Å². The number of benzene rings is 3. The van der Waals surface area contributed by atoms with E-state index < -0.39 is 4.92 Å². The first kappa shape index (κ1) is 25.5. The first-order valence-corrected chi connectivity index (χ1v) is 12.4. The van der Waals surface area contributed by atoms with Gasteiger partial charge in [-0.3, -0.25) is 14.9 Å². The van der Waals surface area contributed by atoms with Crippen LogP contribution in [0.25, 0.3) is 10.9 Å². The lowest BCUT2D eigenvalue weighted by atomic mass is 10.1. The molecule has 36 heavy (non-hydrogen) atoms. The second kappa shape index (κ2) is 11.0. The van der Waals surface area contributed by atoms with Gasteiger partial charge in [0.1, 0.15) is 12.4 Å². The Hall–Kier alpha value is -3.56. The number of nitro benzene ring substituents is 1. The van der Waals surface area contributed by atoms with E-state index in [2.05, 4.69) is 26.0 Å². The van der Waals surface area contributed by atoms with Crippen LogP contribution in [0.3, 0.4) is 0 Å². The molecule has 0 saturated heterocycles. The molecular formula is C26H22BrClN4O4. The Morgan fingerprint density at radius 2 is 2.00 bits per heavy atom. The fraction of sp³-hybridized carbons (Fsp3) is 0.192. The minimum atomic E-state index is -0.523. The third-order valence-corrected chi connectivity index (χ3v) is 6.59. The molecule has 0 N–H and O–H groups in total. The van der Waals surface area contributed by atoms with Crippen LogP contribution in [-0.2, 0) is 6.61 Å². The molecule has 0 aliphatic rings. The molecule has 0 amide bonds. The number of halogens is 2. The zero-order valence-corrected chi connectivity index (χ0v) is 21.9. The zero-order chi connectivity index (χ0) is 25.8. The maximum absolute atomic E-state index is 13.3. The predicted molar refractivity (Wildman–Crippen MR) is 144 cm³/mol. The van der Waals surface area contributed by atoms with Crippen molar-refractivity contribution in [3.8, 4) is 5.75 Å². The van der Waals surface area contributed by atoms with Crippen molar-refractivity contribution in [3.63, 3.8) is 0 Å². The average Bonchev–Trinajstić information content (AvgIpc) is 2.87. The van der Waals surface area contributed by atoms with E-state index in [9.17, 15) is 14.9 Å². The van der Waals surface area contributed by atoms with Crippen molar-refractivity contribution in [2.24, 2.45) is 5.10 Å². The number of nitrogens with zero attached hydrogens (tertiary/aromatic N) is 4. The van der Waals surface area contributed by atoms with Gasteiger partial charge in [0.2, 0.25) is 0 Å². The van der Waals surface area contributed by atoms with Crippen molar-refractivity contribution in [1.82, 2.24) is 9.66 Å². The van der Waals surface area contributed by atoms with Crippen molar-refractivity contribution in [2.75, 3.05) is 0 Å². The summed E-state index contributed by atoms with van der Waals surface area (Å²) in [5.41, 5.74) is 1.19. The van der Waals surface area contributed by atoms with E-state index >= 15 is 0 Å². The van der Waals surface area contributed by atoms with Gasteiger partial charge in [-0.15, -0.1) is 0 Å². The average molecular weight is 570 g/mol. The van der Waals surface area contributed by atoms with Gasteiger partial charge in [-0.1, -0.05) is 59.6 Å². The van der Waals surface area contributed by atoms with Gasteiger partial charge in [0.15, 0.2) is 5.75 Å². The number of hydrogen-bond donors (Lipinski definition) is 0. The highest BCUT2D eigenvalue weighted by Gasteiger charge is 2.18. The van der Waals surface area contributed by atoms with Crippen LogP contribution < -0.4 is 10.3 Å². The summed E-state index contributed by atoms with van der Waals surface area (Å²) in [7, 11) is 0. The minimum absolute atomic E-state index is 0.0298. The molecular weight excluding hydrogens is 548 g/mol. The highest BCUT2D eigenvalue weighted by molar-refractivity contribution is 9.10. The molecule has 0 saturated carbocycles. The summed E-state index contributed by atoms with van der Waals surface area (Å²) >= 11 is 9.54. The van der Waals surface area contributed by atoms with Crippen LogP contribution in [0.5, 0.6) is 5.75 Å². The molecule has 1 aromatic heterocycles. The highest BCUT2D eigenvalue weighted by Crippen LogP contribution is 2.29. The van der Waals surface area contributed by atoms with Gasteiger partial charge in [-0.2, -0.15) is 9.78 Å². The number of hydrogen-bond acceptors (Lipinski definition) is 6. The molecule has 0 radical (unpaired) electrons. The van der Waals surface area contributed by atoms with E-state index in [0.717, 1.165) is 10.9 Å². The Bertz CT molecular complexity index is 1540. The molecule has 1 atom stereocenters. The Kier molecular flexibility index (Phi) is 7.81. The standard InChI is InChI=1S/C26H22BrClN4O4/c1-3-16(2)25-30-22-10-9-19(27)13-20(22)26(33)31(25)29-14-17-8-11-24(23(12-17)32(34)35)36-15-18-6-4-5-7-21(18)28/h4-14,16H,3,15H2,1-2H3/t16-/m0/s1. The quantitative estimate of drug-likeness (QED) is 0.134. The summed E-state index contributed by atoms with van der Waals surface area (Å²) in [4.78, 5) is 29.1. The van der Waals surface area contributed by atoms with Crippen LogP contribution in [0.15, 0.2) is 75.0 Å². The van der Waals surface area contributed by atoms with Gasteiger partial charge >= 0.3 is 5.69 Å². The Morgan fingerprint density at radius 1 is 1.22 bits per heavy atom. The van der Waals surface area contributed by atoms with E-state index in [1.165, 1.54) is 23.0 Å². The smallest absolute Gasteiger partial charge is 0.311 e. The Morgan fingerprint density at radius 3 is 2.72 bits per heavy atom. The molecule has 3 aromatic carbocycles. The lowest BCUT2D eigenvalue weighted by Crippen LogP contribution is -2.23. The first-order chi connectivity index (χ1) is 17.3. The van der Waals surface area contributed by atoms with Crippen LogP contribution in [0.4, 0.5) is 5.69 Å². The molecule has 0 aliphatic carbocycles. The van der Waals surface area contributed by atoms with Crippen LogP contribution >= 0.6 is 27.5 Å². The van der Waals surface area contributed by atoms with E-state index in [1.807, 2.05) is 26.0 Å². The van der Waals surface area contributed by atoms with E-state index in [4.69, 9.17) is 16.3 Å². The molecule has 1 heterocycles. The van der Waals surface area contributed by atoms with Crippen LogP contribution in [0.2, 0.25) is 5.02 Å².